The molecule has 1 aliphatic rings. The van der Waals surface area contributed by atoms with E-state index in [0.29, 0.717) is 19.0 Å². The molecular weight excluding hydrogens is 454 g/mol. The van der Waals surface area contributed by atoms with Crippen LogP contribution in [0.4, 0.5) is 5.82 Å². The maximum atomic E-state index is 13.0. The Labute approximate surface area is 212 Å². The molecule has 8 nitrogen and oxygen atoms in total. The Morgan fingerprint density at radius 1 is 1.08 bits per heavy atom. The van der Waals surface area contributed by atoms with Crippen molar-refractivity contribution < 1.29 is 9.53 Å². The van der Waals surface area contributed by atoms with Crippen molar-refractivity contribution in [2.45, 2.75) is 31.8 Å². The molecule has 3 aromatic rings. The van der Waals surface area contributed by atoms with Gasteiger partial charge in [-0.05, 0) is 37.0 Å². The van der Waals surface area contributed by atoms with Crippen LogP contribution in [0.15, 0.2) is 77.9 Å². The Balaban J connectivity index is 1.22. The summed E-state index contributed by atoms with van der Waals surface area (Å²) < 4.78 is 7.24. The number of rotatable bonds is 11. The Morgan fingerprint density at radius 3 is 2.50 bits per heavy atom. The highest BCUT2D eigenvalue weighted by atomic mass is 16.5. The molecule has 0 unspecified atom stereocenters. The summed E-state index contributed by atoms with van der Waals surface area (Å²) in [6.07, 6.45) is 5.77. The monoisotopic (exact) mass is 489 g/mol. The van der Waals surface area contributed by atoms with E-state index in [1.54, 1.807) is 24.3 Å². The lowest BCUT2D eigenvalue weighted by Gasteiger charge is -2.32. The highest BCUT2D eigenvalue weighted by molar-refractivity contribution is 5.75. The Bertz CT molecular complexity index is 1140. The van der Waals surface area contributed by atoms with Gasteiger partial charge in [0.2, 0.25) is 5.91 Å². The van der Waals surface area contributed by atoms with Gasteiger partial charge in [0, 0.05) is 51.7 Å². The number of ether oxygens (including phenoxy) is 1. The zero-order chi connectivity index (χ0) is 25.2. The molecule has 0 bridgehead atoms. The minimum absolute atomic E-state index is 0.00117. The molecule has 2 heterocycles. The fourth-order valence-corrected chi connectivity index (χ4v) is 4.31. The second-order valence-electron chi connectivity index (χ2n) is 9.18. The first kappa shape index (κ1) is 25.4. The fourth-order valence-electron chi connectivity index (χ4n) is 4.31. The second-order valence-corrected chi connectivity index (χ2v) is 9.18. The van der Waals surface area contributed by atoms with Gasteiger partial charge in [0.25, 0.3) is 5.56 Å². The number of likely N-dealkylation sites (N-methyl/N-ethyl adjacent to an activating group) is 1. The molecule has 0 atom stereocenters. The standard InChI is InChI=1S/C28H35N5O3/c1-31(16-12-23-8-4-2-5-9-23)26(34)22-33-19-15-29-27(28(33)35)30-24-13-17-32(18-14-24)20-21-36-25-10-6-3-7-11-25/h2-11,15,19,24H,12-14,16-18,20-22H2,1H3,(H,29,30). The van der Waals surface area contributed by atoms with Gasteiger partial charge in [0.1, 0.15) is 18.9 Å². The number of anilines is 1. The third kappa shape index (κ3) is 7.42. The maximum Gasteiger partial charge on any atom is 0.293 e. The lowest BCUT2D eigenvalue weighted by molar-refractivity contribution is -0.130. The summed E-state index contributed by atoms with van der Waals surface area (Å²) in [5.74, 6) is 1.10. The molecule has 0 radical (unpaired) electrons. The minimum Gasteiger partial charge on any atom is -0.492 e. The third-order valence-electron chi connectivity index (χ3n) is 6.57. The molecule has 1 amide bonds. The van der Waals surface area contributed by atoms with E-state index in [9.17, 15) is 9.59 Å². The zero-order valence-electron chi connectivity index (χ0n) is 20.9. The number of para-hydroxylation sites is 1. The summed E-state index contributed by atoms with van der Waals surface area (Å²) in [6.45, 7) is 3.99. The average Bonchev–Trinajstić information content (AvgIpc) is 2.91. The Kier molecular flexibility index (Phi) is 9.10. The summed E-state index contributed by atoms with van der Waals surface area (Å²) in [5.41, 5.74) is 0.917. The smallest absolute Gasteiger partial charge is 0.293 e. The molecular formula is C28H35N5O3. The van der Waals surface area contributed by atoms with Crippen LogP contribution < -0.4 is 15.6 Å². The lowest BCUT2D eigenvalue weighted by Crippen LogP contribution is -2.42. The quantitative estimate of drug-likeness (QED) is 0.446. The number of piperidine rings is 1. The number of hydrogen-bond donors (Lipinski definition) is 1. The molecule has 0 aliphatic carbocycles. The van der Waals surface area contributed by atoms with Gasteiger partial charge in [-0.1, -0.05) is 48.5 Å². The van der Waals surface area contributed by atoms with E-state index in [0.717, 1.165) is 44.6 Å². The van der Waals surface area contributed by atoms with Gasteiger partial charge < -0.3 is 19.5 Å². The zero-order valence-corrected chi connectivity index (χ0v) is 20.9. The number of carbonyl (C=O) groups is 1. The third-order valence-corrected chi connectivity index (χ3v) is 6.57. The molecule has 4 rings (SSSR count). The number of carbonyl (C=O) groups excluding carboxylic acids is 1. The summed E-state index contributed by atoms with van der Waals surface area (Å²) in [7, 11) is 1.77. The first-order chi connectivity index (χ1) is 17.6. The van der Waals surface area contributed by atoms with Gasteiger partial charge in [-0.15, -0.1) is 0 Å². The van der Waals surface area contributed by atoms with Crippen molar-refractivity contribution in [2.24, 2.45) is 0 Å². The van der Waals surface area contributed by atoms with Crippen molar-refractivity contribution in [1.82, 2.24) is 19.4 Å². The molecule has 0 saturated carbocycles. The van der Waals surface area contributed by atoms with E-state index in [2.05, 4.69) is 15.2 Å². The topological polar surface area (TPSA) is 79.7 Å². The van der Waals surface area contributed by atoms with Gasteiger partial charge in [-0.2, -0.15) is 0 Å². The van der Waals surface area contributed by atoms with E-state index in [1.807, 2.05) is 60.7 Å². The number of benzene rings is 2. The van der Waals surface area contributed by atoms with E-state index in [4.69, 9.17) is 4.74 Å². The van der Waals surface area contributed by atoms with E-state index >= 15 is 0 Å². The predicted octanol–water partition coefficient (Wildman–Crippen LogP) is 2.90. The van der Waals surface area contributed by atoms with Crippen LogP contribution in [0.5, 0.6) is 5.75 Å². The van der Waals surface area contributed by atoms with Crippen LogP contribution >= 0.6 is 0 Å². The van der Waals surface area contributed by atoms with Crippen LogP contribution in [0.25, 0.3) is 0 Å². The van der Waals surface area contributed by atoms with Crippen LogP contribution in [0, 0.1) is 0 Å². The van der Waals surface area contributed by atoms with E-state index < -0.39 is 0 Å². The van der Waals surface area contributed by atoms with Crippen molar-refractivity contribution in [3.8, 4) is 5.75 Å². The Morgan fingerprint density at radius 2 is 1.78 bits per heavy atom. The first-order valence-corrected chi connectivity index (χ1v) is 12.6. The van der Waals surface area contributed by atoms with E-state index in [-0.39, 0.29) is 24.1 Å². The lowest BCUT2D eigenvalue weighted by atomic mass is 10.1. The van der Waals surface area contributed by atoms with Crippen LogP contribution in [-0.2, 0) is 17.8 Å². The Hall–Kier alpha value is -3.65. The number of amides is 1. The van der Waals surface area contributed by atoms with Gasteiger partial charge in [-0.3, -0.25) is 14.5 Å². The molecule has 1 fully saturated rings. The first-order valence-electron chi connectivity index (χ1n) is 12.6. The summed E-state index contributed by atoms with van der Waals surface area (Å²) >= 11 is 0. The molecule has 0 spiro atoms. The predicted molar refractivity (Wildman–Crippen MR) is 141 cm³/mol. The van der Waals surface area contributed by atoms with Crippen LogP contribution in [-0.4, -0.2) is 71.1 Å². The van der Waals surface area contributed by atoms with E-state index in [1.165, 1.54) is 10.1 Å². The normalized spacial score (nSPS) is 14.4. The summed E-state index contributed by atoms with van der Waals surface area (Å²) in [6, 6.07) is 20.1. The van der Waals surface area contributed by atoms with Crippen molar-refractivity contribution in [3.05, 3.63) is 89.0 Å². The number of hydrogen-bond acceptors (Lipinski definition) is 6. The number of likely N-dealkylation sites (tertiary alicyclic amines) is 1. The number of nitrogens with one attached hydrogen (secondary N) is 1. The largest absolute Gasteiger partial charge is 0.492 e. The molecule has 190 valence electrons. The highest BCUT2D eigenvalue weighted by Gasteiger charge is 2.21. The summed E-state index contributed by atoms with van der Waals surface area (Å²) in [5, 5.41) is 3.31. The molecule has 36 heavy (non-hydrogen) atoms. The van der Waals surface area contributed by atoms with Crippen molar-refractivity contribution in [3.63, 3.8) is 0 Å². The molecule has 1 aromatic heterocycles. The molecule has 2 aromatic carbocycles. The minimum atomic E-state index is -0.263. The van der Waals surface area contributed by atoms with Gasteiger partial charge >= 0.3 is 0 Å². The molecule has 1 saturated heterocycles. The van der Waals surface area contributed by atoms with Gasteiger partial charge in [0.05, 0.1) is 0 Å². The van der Waals surface area contributed by atoms with Crippen molar-refractivity contribution in [1.29, 1.82) is 0 Å². The van der Waals surface area contributed by atoms with Crippen LogP contribution in [0.3, 0.4) is 0 Å². The fraction of sp³-hybridized carbons (Fsp3) is 0.393. The van der Waals surface area contributed by atoms with Crippen molar-refractivity contribution >= 4 is 11.7 Å². The second kappa shape index (κ2) is 12.9. The number of aromatic nitrogens is 2. The number of nitrogens with zero attached hydrogens (tertiary/aromatic N) is 4. The average molecular weight is 490 g/mol. The maximum absolute atomic E-state index is 13.0. The van der Waals surface area contributed by atoms with Crippen LogP contribution in [0.1, 0.15) is 18.4 Å². The molecule has 1 N–H and O–H groups in total. The molecule has 1 aliphatic heterocycles. The van der Waals surface area contributed by atoms with Gasteiger partial charge in [-0.25, -0.2) is 4.98 Å². The van der Waals surface area contributed by atoms with Crippen LogP contribution in [0.2, 0.25) is 0 Å². The SMILES string of the molecule is CN(CCc1ccccc1)C(=O)Cn1ccnc(NC2CCN(CCOc3ccccc3)CC2)c1=O. The summed E-state index contributed by atoms with van der Waals surface area (Å²) in [4.78, 5) is 34.0. The van der Waals surface area contributed by atoms with Gasteiger partial charge in [0.15, 0.2) is 5.82 Å². The molecule has 8 heteroatoms. The van der Waals surface area contributed by atoms with Crippen molar-refractivity contribution in [2.75, 3.05) is 45.2 Å². The highest BCUT2D eigenvalue weighted by Crippen LogP contribution is 2.14.